The number of rotatable bonds is 6. The summed E-state index contributed by atoms with van der Waals surface area (Å²) in [6.07, 6.45) is -1.67. The van der Waals surface area contributed by atoms with Gasteiger partial charge in [-0.1, -0.05) is 42.5 Å². The summed E-state index contributed by atoms with van der Waals surface area (Å²) >= 11 is 0. The molecular weight excluding hydrogens is 644 g/mol. The number of anilines is 2. The third-order valence-electron chi connectivity index (χ3n) is 8.74. The predicted octanol–water partition coefficient (Wildman–Crippen LogP) is 6.12. The molecule has 12 heteroatoms. The summed E-state index contributed by atoms with van der Waals surface area (Å²) in [7, 11) is 3.10. The molecular formula is C38H30N2O10. The number of nitrogens with one attached hydrogen (secondary N) is 2. The Morgan fingerprint density at radius 3 is 1.64 bits per heavy atom. The van der Waals surface area contributed by atoms with Crippen molar-refractivity contribution in [3.8, 4) is 11.5 Å². The number of benzene rings is 4. The van der Waals surface area contributed by atoms with Gasteiger partial charge in [0.25, 0.3) is 11.8 Å². The number of aliphatic carboxylic acids is 2. The molecule has 0 saturated heterocycles. The molecule has 4 aliphatic rings. The Morgan fingerprint density at radius 2 is 1.10 bits per heavy atom. The Labute approximate surface area is 285 Å². The summed E-state index contributed by atoms with van der Waals surface area (Å²) in [5.41, 5.74) is 6.62. The highest BCUT2D eigenvalue weighted by atomic mass is 16.5. The second-order valence-corrected chi connectivity index (χ2v) is 11.7. The lowest BCUT2D eigenvalue weighted by molar-refractivity contribution is -0.140. The molecule has 4 heterocycles. The van der Waals surface area contributed by atoms with Gasteiger partial charge in [0.2, 0.25) is 0 Å². The Morgan fingerprint density at radius 1 is 0.620 bits per heavy atom. The van der Waals surface area contributed by atoms with Crippen LogP contribution in [0, 0.1) is 0 Å². The summed E-state index contributed by atoms with van der Waals surface area (Å²) in [5.74, 6) is -0.428. The Kier molecular flexibility index (Phi) is 8.20. The van der Waals surface area contributed by atoms with Crippen LogP contribution in [-0.4, -0.2) is 48.2 Å². The molecule has 4 N–H and O–H groups in total. The van der Waals surface area contributed by atoms with E-state index in [0.717, 1.165) is 22.4 Å². The van der Waals surface area contributed by atoms with Crippen LogP contribution in [0.4, 0.5) is 11.4 Å². The number of hydrogen-bond donors (Lipinski definition) is 4. The SMILES string of the molecule is COc1ccc2c(c1)/C(=C1\C(=O)Nc3ccccc31)OC2CC(=O)O.COc1ccc2c(c1)C(CC(=O)O)O/C2=C1/C(=O)Nc2ccccc21. The Bertz CT molecular complexity index is 2170. The van der Waals surface area contributed by atoms with Crippen LogP contribution in [0.25, 0.3) is 22.7 Å². The van der Waals surface area contributed by atoms with Crippen LogP contribution in [0.2, 0.25) is 0 Å². The Hall–Kier alpha value is -6.56. The largest absolute Gasteiger partial charge is 0.497 e. The van der Waals surface area contributed by atoms with Gasteiger partial charge in [0.1, 0.15) is 35.2 Å². The quantitative estimate of drug-likeness (QED) is 0.175. The maximum Gasteiger partial charge on any atom is 0.307 e. The number of carboxylic acids is 2. The summed E-state index contributed by atoms with van der Waals surface area (Å²) in [4.78, 5) is 47.4. The lowest BCUT2D eigenvalue weighted by Crippen LogP contribution is -2.07. The van der Waals surface area contributed by atoms with Crippen LogP contribution in [-0.2, 0) is 28.7 Å². The molecule has 2 atom stereocenters. The van der Waals surface area contributed by atoms with Crippen molar-refractivity contribution in [2.75, 3.05) is 24.9 Å². The highest BCUT2D eigenvalue weighted by Crippen LogP contribution is 2.49. The first-order valence-corrected chi connectivity index (χ1v) is 15.6. The van der Waals surface area contributed by atoms with E-state index in [2.05, 4.69) is 10.6 Å². The summed E-state index contributed by atoms with van der Waals surface area (Å²) in [5, 5.41) is 24.0. The molecule has 12 nitrogen and oxygen atoms in total. The first kappa shape index (κ1) is 32.0. The van der Waals surface area contributed by atoms with Gasteiger partial charge in [-0.3, -0.25) is 19.2 Å². The topological polar surface area (TPSA) is 170 Å². The minimum Gasteiger partial charge on any atom is -0.497 e. The van der Waals surface area contributed by atoms with Crippen LogP contribution >= 0.6 is 0 Å². The second-order valence-electron chi connectivity index (χ2n) is 11.7. The third kappa shape index (κ3) is 5.66. The Balaban J connectivity index is 0.000000157. The van der Waals surface area contributed by atoms with Crippen LogP contribution in [0.1, 0.15) is 58.4 Å². The van der Waals surface area contributed by atoms with E-state index in [1.54, 1.807) is 50.6 Å². The lowest BCUT2D eigenvalue weighted by atomic mass is 9.98. The maximum atomic E-state index is 12.5. The molecule has 252 valence electrons. The minimum absolute atomic E-state index is 0.181. The molecule has 4 aromatic carbocycles. The normalized spacial score (nSPS) is 20.5. The minimum atomic E-state index is -0.971. The molecule has 0 bridgehead atoms. The fourth-order valence-electron chi connectivity index (χ4n) is 6.51. The molecule has 2 unspecified atom stereocenters. The number of fused-ring (bicyclic) bond motifs is 4. The smallest absolute Gasteiger partial charge is 0.307 e. The van der Waals surface area contributed by atoms with Crippen LogP contribution < -0.4 is 20.1 Å². The van der Waals surface area contributed by atoms with Crippen LogP contribution in [0.3, 0.4) is 0 Å². The zero-order valence-corrected chi connectivity index (χ0v) is 26.8. The average Bonchev–Trinajstić information content (AvgIpc) is 3.83. The molecule has 4 aromatic rings. The van der Waals surface area contributed by atoms with Gasteiger partial charge >= 0.3 is 11.9 Å². The highest BCUT2D eigenvalue weighted by molar-refractivity contribution is 6.37. The number of amides is 2. The van der Waals surface area contributed by atoms with E-state index in [4.69, 9.17) is 24.1 Å². The number of carboxylic acid groups (broad SMARTS) is 2. The van der Waals surface area contributed by atoms with E-state index in [-0.39, 0.29) is 24.7 Å². The number of para-hydroxylation sites is 2. The lowest BCUT2D eigenvalue weighted by Gasteiger charge is -2.10. The van der Waals surface area contributed by atoms with Crippen molar-refractivity contribution in [2.45, 2.75) is 25.0 Å². The van der Waals surface area contributed by atoms with Crippen LogP contribution in [0.5, 0.6) is 11.5 Å². The van der Waals surface area contributed by atoms with Crippen molar-refractivity contribution < 1.29 is 48.3 Å². The number of hydrogen-bond acceptors (Lipinski definition) is 8. The molecule has 50 heavy (non-hydrogen) atoms. The molecule has 0 radical (unpaired) electrons. The van der Waals surface area contributed by atoms with E-state index >= 15 is 0 Å². The monoisotopic (exact) mass is 674 g/mol. The van der Waals surface area contributed by atoms with Crippen molar-refractivity contribution in [1.82, 2.24) is 0 Å². The first-order valence-electron chi connectivity index (χ1n) is 15.6. The summed E-state index contributed by atoms with van der Waals surface area (Å²) < 4.78 is 22.4. The molecule has 0 spiro atoms. The van der Waals surface area contributed by atoms with E-state index in [1.165, 1.54) is 0 Å². The van der Waals surface area contributed by atoms with Crippen molar-refractivity contribution in [3.63, 3.8) is 0 Å². The molecule has 0 aromatic heterocycles. The zero-order valence-electron chi connectivity index (χ0n) is 26.8. The summed E-state index contributed by atoms with van der Waals surface area (Å²) in [6.45, 7) is 0. The van der Waals surface area contributed by atoms with Gasteiger partial charge in [-0.05, 0) is 42.5 Å². The van der Waals surface area contributed by atoms with Crippen molar-refractivity contribution in [2.24, 2.45) is 0 Å². The van der Waals surface area contributed by atoms with E-state index in [9.17, 15) is 24.3 Å². The van der Waals surface area contributed by atoms with E-state index in [1.807, 2.05) is 48.5 Å². The maximum absolute atomic E-state index is 12.5. The van der Waals surface area contributed by atoms with Gasteiger partial charge in [-0.25, -0.2) is 0 Å². The summed E-state index contributed by atoms with van der Waals surface area (Å²) in [6, 6.07) is 25.3. The van der Waals surface area contributed by atoms with Gasteiger partial charge in [0.05, 0.1) is 38.2 Å². The predicted molar refractivity (Wildman–Crippen MR) is 182 cm³/mol. The average molecular weight is 675 g/mol. The third-order valence-corrected chi connectivity index (χ3v) is 8.74. The zero-order chi connectivity index (χ0) is 35.1. The fraction of sp³-hybridized carbons (Fsp3) is 0.158. The number of ether oxygens (including phenoxy) is 4. The van der Waals surface area contributed by atoms with E-state index in [0.29, 0.717) is 56.5 Å². The van der Waals surface area contributed by atoms with Crippen LogP contribution in [0.15, 0.2) is 84.9 Å². The van der Waals surface area contributed by atoms with Gasteiger partial charge < -0.3 is 39.8 Å². The second kappa shape index (κ2) is 12.8. The molecule has 0 saturated carbocycles. The molecule has 4 aliphatic heterocycles. The number of methoxy groups -OCH3 is 2. The molecule has 2 amide bonds. The molecule has 8 rings (SSSR count). The van der Waals surface area contributed by atoms with Crippen molar-refractivity contribution >= 4 is 57.8 Å². The first-order chi connectivity index (χ1) is 24.2. The number of carbonyl (C=O) groups is 4. The molecule has 0 aliphatic carbocycles. The van der Waals surface area contributed by atoms with Gasteiger partial charge in [-0.2, -0.15) is 0 Å². The van der Waals surface area contributed by atoms with E-state index < -0.39 is 24.1 Å². The van der Waals surface area contributed by atoms with Gasteiger partial charge in [0, 0.05) is 44.8 Å². The van der Waals surface area contributed by atoms with Crippen molar-refractivity contribution in [1.29, 1.82) is 0 Å². The fourth-order valence-corrected chi connectivity index (χ4v) is 6.51. The number of carbonyl (C=O) groups excluding carboxylic acids is 2. The highest BCUT2D eigenvalue weighted by Gasteiger charge is 2.38. The van der Waals surface area contributed by atoms with Crippen molar-refractivity contribution in [3.05, 3.63) is 118 Å². The standard InChI is InChI=1S/2C19H15NO5/c1-24-10-6-7-11-13(8-10)15(9-16(21)22)25-18(11)17-12-4-2-3-5-14(12)20-19(17)23;1-24-10-6-7-11-13(8-10)18(25-15(11)9-16(21)22)17-12-4-2-3-5-14(12)20-19(17)23/h2*2-8,15H,9H2,1H3,(H,20,23)(H,21,22)/b2*18-17+. The van der Waals surface area contributed by atoms with Gasteiger partial charge in [0.15, 0.2) is 0 Å². The molecule has 0 fully saturated rings. The van der Waals surface area contributed by atoms with Gasteiger partial charge in [-0.15, -0.1) is 0 Å².